The Balaban J connectivity index is 1.50. The molecule has 2 aromatic carbocycles. The maximum atomic E-state index is 14.9. The molecule has 1 aliphatic heterocycles. The molecule has 1 aromatic heterocycles. The van der Waals surface area contributed by atoms with Gasteiger partial charge in [0.25, 0.3) is 11.5 Å². The number of carboxylic acids is 1. The molecule has 1 saturated heterocycles. The molecule has 0 spiro atoms. The second-order valence-electron chi connectivity index (χ2n) is 12.2. The summed E-state index contributed by atoms with van der Waals surface area (Å²) in [4.78, 5) is 56.2. The molecule has 2 heterocycles. The third-order valence-corrected chi connectivity index (χ3v) is 7.46. The highest BCUT2D eigenvalue weighted by Crippen LogP contribution is 2.35. The summed E-state index contributed by atoms with van der Waals surface area (Å²) in [5.74, 6) is -1.78. The summed E-state index contributed by atoms with van der Waals surface area (Å²) in [5, 5.41) is 11.5. The Kier molecular flexibility index (Phi) is 9.64. The molecule has 1 aliphatic rings. The van der Waals surface area contributed by atoms with Gasteiger partial charge in [0.1, 0.15) is 24.1 Å². The predicted octanol–water partition coefficient (Wildman–Crippen LogP) is 4.52. The number of carboxylic acid groups (broad SMARTS) is 1. The van der Waals surface area contributed by atoms with E-state index >= 15 is 0 Å². The summed E-state index contributed by atoms with van der Waals surface area (Å²) in [6, 6.07) is 7.08. The summed E-state index contributed by atoms with van der Waals surface area (Å²) >= 11 is 0. The van der Waals surface area contributed by atoms with E-state index in [2.05, 4.69) is 10.3 Å². The van der Waals surface area contributed by atoms with Gasteiger partial charge in [0.05, 0.1) is 29.1 Å². The first kappa shape index (κ1) is 34.2. The smallest absolute Gasteiger partial charge is 0.416 e. The van der Waals surface area contributed by atoms with Gasteiger partial charge >= 0.3 is 18.2 Å². The van der Waals surface area contributed by atoms with Crippen molar-refractivity contribution in [2.45, 2.75) is 71.2 Å². The number of aromatic nitrogens is 2. The summed E-state index contributed by atoms with van der Waals surface area (Å²) in [6.07, 6.45) is -6.85. The van der Waals surface area contributed by atoms with Crippen LogP contribution in [0.25, 0.3) is 10.9 Å². The molecule has 2 atom stereocenters. The summed E-state index contributed by atoms with van der Waals surface area (Å²) in [7, 11) is 1.54. The number of nitrogens with one attached hydrogen (secondary N) is 1. The van der Waals surface area contributed by atoms with E-state index in [1.165, 1.54) is 48.0 Å². The standard InChI is InChI=1S/C31H35F4N5O6/c1-17-36-25-13-22(31(33,34)35)19(12-21(25)28(44)40(17)16-26(41)42)14-38(5)20-8-6-18(7-9-20)27(43)39-11-10-24(23(32)15-39)37-29(45)46-30(2,3)4/h6-9,12-13,23-24H,10-11,14-16H2,1-5H3,(H,37,45)(H,41,42)/t23-,24+/m0/s1. The zero-order chi connectivity index (χ0) is 34.1. The summed E-state index contributed by atoms with van der Waals surface area (Å²) in [5.41, 5.74) is -2.25. The fraction of sp³-hybridized carbons (Fsp3) is 0.452. The van der Waals surface area contributed by atoms with Gasteiger partial charge in [-0.3, -0.25) is 19.0 Å². The molecule has 15 heteroatoms. The van der Waals surface area contributed by atoms with Crippen molar-refractivity contribution in [3.8, 4) is 0 Å². The van der Waals surface area contributed by atoms with Crippen LogP contribution in [0.15, 0.2) is 41.2 Å². The number of likely N-dealkylation sites (tertiary alicyclic amines) is 1. The number of ether oxygens (including phenoxy) is 1. The molecule has 0 radical (unpaired) electrons. The van der Waals surface area contributed by atoms with E-state index in [0.29, 0.717) is 5.69 Å². The van der Waals surface area contributed by atoms with E-state index in [1.54, 1.807) is 20.8 Å². The van der Waals surface area contributed by atoms with E-state index in [0.717, 1.165) is 16.7 Å². The lowest BCUT2D eigenvalue weighted by atomic mass is 10.0. The Hall–Kier alpha value is -4.69. The minimum Gasteiger partial charge on any atom is -0.480 e. The number of carbonyl (C=O) groups is 3. The average molecular weight is 650 g/mol. The number of piperidine rings is 1. The molecule has 3 aromatic rings. The second-order valence-corrected chi connectivity index (χ2v) is 12.2. The van der Waals surface area contributed by atoms with Crippen LogP contribution in [0.1, 0.15) is 54.5 Å². The molecule has 248 valence electrons. The van der Waals surface area contributed by atoms with Crippen LogP contribution < -0.4 is 15.8 Å². The van der Waals surface area contributed by atoms with Crippen LogP contribution in [0.3, 0.4) is 0 Å². The molecule has 1 fully saturated rings. The first-order valence-electron chi connectivity index (χ1n) is 14.4. The minimum atomic E-state index is -4.77. The molecule has 11 nitrogen and oxygen atoms in total. The van der Waals surface area contributed by atoms with Crippen molar-refractivity contribution in [3.05, 3.63) is 69.3 Å². The Bertz CT molecular complexity index is 1700. The van der Waals surface area contributed by atoms with E-state index in [9.17, 15) is 36.7 Å². The van der Waals surface area contributed by atoms with Crippen LogP contribution in [0.5, 0.6) is 0 Å². The maximum absolute atomic E-state index is 14.9. The fourth-order valence-corrected chi connectivity index (χ4v) is 5.24. The maximum Gasteiger partial charge on any atom is 0.416 e. The Morgan fingerprint density at radius 2 is 1.78 bits per heavy atom. The molecular weight excluding hydrogens is 614 g/mol. The lowest BCUT2D eigenvalue weighted by Crippen LogP contribution is -2.54. The summed E-state index contributed by atoms with van der Waals surface area (Å²) < 4.78 is 63.2. The van der Waals surface area contributed by atoms with Crippen molar-refractivity contribution in [1.29, 1.82) is 0 Å². The number of alkyl halides is 4. The van der Waals surface area contributed by atoms with Gasteiger partial charge in [0.2, 0.25) is 0 Å². The molecule has 46 heavy (non-hydrogen) atoms. The SMILES string of the molecule is Cc1nc2cc(C(F)(F)F)c(CN(C)c3ccc(C(=O)N4CC[C@@H](NC(=O)OC(C)(C)C)[C@@H](F)C4)cc3)cc2c(=O)n1CC(=O)O. The zero-order valence-electron chi connectivity index (χ0n) is 25.9. The van der Waals surface area contributed by atoms with Gasteiger partial charge in [0, 0.05) is 31.4 Å². The number of anilines is 1. The van der Waals surface area contributed by atoms with E-state index in [1.807, 2.05) is 0 Å². The van der Waals surface area contributed by atoms with Gasteiger partial charge in [0.15, 0.2) is 0 Å². The monoisotopic (exact) mass is 649 g/mol. The highest BCUT2D eigenvalue weighted by Gasteiger charge is 2.35. The van der Waals surface area contributed by atoms with Crippen molar-refractivity contribution in [2.24, 2.45) is 0 Å². The van der Waals surface area contributed by atoms with Crippen molar-refractivity contribution in [1.82, 2.24) is 19.8 Å². The second kappa shape index (κ2) is 13.0. The number of fused-ring (bicyclic) bond motifs is 1. The van der Waals surface area contributed by atoms with Crippen LogP contribution >= 0.6 is 0 Å². The number of benzene rings is 2. The number of hydrogen-bond donors (Lipinski definition) is 2. The highest BCUT2D eigenvalue weighted by atomic mass is 19.4. The average Bonchev–Trinajstić information content (AvgIpc) is 2.94. The molecular formula is C31H35F4N5O6. The molecule has 0 aliphatic carbocycles. The number of aliphatic carboxylic acids is 1. The van der Waals surface area contributed by atoms with Crippen LogP contribution in [0.4, 0.5) is 28.0 Å². The Morgan fingerprint density at radius 3 is 2.35 bits per heavy atom. The number of alkyl carbamates (subject to hydrolysis) is 1. The van der Waals surface area contributed by atoms with Crippen LogP contribution in [-0.4, -0.2) is 75.5 Å². The van der Waals surface area contributed by atoms with Crippen molar-refractivity contribution < 1.29 is 41.8 Å². The molecule has 0 bridgehead atoms. The normalized spacial score (nSPS) is 17.1. The third-order valence-electron chi connectivity index (χ3n) is 7.46. The van der Waals surface area contributed by atoms with Crippen LogP contribution in [0.2, 0.25) is 0 Å². The summed E-state index contributed by atoms with van der Waals surface area (Å²) in [6.45, 7) is 5.37. The first-order chi connectivity index (χ1) is 21.3. The van der Waals surface area contributed by atoms with Crippen molar-refractivity contribution in [2.75, 3.05) is 25.0 Å². The minimum absolute atomic E-state index is 0.0311. The Labute approximate surface area is 261 Å². The molecule has 0 saturated carbocycles. The molecule has 2 amide bonds. The number of halogens is 4. The van der Waals surface area contributed by atoms with Crippen molar-refractivity contribution in [3.63, 3.8) is 0 Å². The van der Waals surface area contributed by atoms with Gasteiger partial charge < -0.3 is 25.0 Å². The number of amides is 2. The Morgan fingerprint density at radius 1 is 1.13 bits per heavy atom. The fourth-order valence-electron chi connectivity index (χ4n) is 5.24. The number of hydrogen-bond acceptors (Lipinski definition) is 7. The third kappa shape index (κ3) is 7.93. The van der Waals surface area contributed by atoms with Crippen molar-refractivity contribution >= 4 is 34.6 Å². The van der Waals surface area contributed by atoms with Crippen LogP contribution in [0, 0.1) is 6.92 Å². The number of carbonyl (C=O) groups excluding carboxylic acids is 2. The lowest BCUT2D eigenvalue weighted by Gasteiger charge is -2.35. The largest absolute Gasteiger partial charge is 0.480 e. The quantitative estimate of drug-likeness (QED) is 0.357. The molecule has 2 N–H and O–H groups in total. The molecule has 0 unspecified atom stereocenters. The molecule has 4 rings (SSSR count). The number of aryl methyl sites for hydroxylation is 1. The highest BCUT2D eigenvalue weighted by molar-refractivity contribution is 5.94. The topological polar surface area (TPSA) is 134 Å². The number of rotatable bonds is 7. The van der Waals surface area contributed by atoms with E-state index < -0.39 is 59.6 Å². The zero-order valence-corrected chi connectivity index (χ0v) is 25.9. The van der Waals surface area contributed by atoms with Gasteiger partial charge in [-0.05, 0) is 76.1 Å². The van der Waals surface area contributed by atoms with Crippen LogP contribution in [-0.2, 0) is 28.8 Å². The lowest BCUT2D eigenvalue weighted by molar-refractivity contribution is -0.138. The van der Waals surface area contributed by atoms with Gasteiger partial charge in [-0.1, -0.05) is 0 Å². The van der Waals surface area contributed by atoms with Gasteiger partial charge in [-0.2, -0.15) is 13.2 Å². The van der Waals surface area contributed by atoms with Gasteiger partial charge in [-0.25, -0.2) is 14.2 Å². The van der Waals surface area contributed by atoms with E-state index in [4.69, 9.17) is 9.84 Å². The predicted molar refractivity (Wildman–Crippen MR) is 161 cm³/mol. The number of nitrogens with zero attached hydrogens (tertiary/aromatic N) is 4. The van der Waals surface area contributed by atoms with E-state index in [-0.39, 0.29) is 53.9 Å². The van der Waals surface area contributed by atoms with Gasteiger partial charge in [-0.15, -0.1) is 0 Å². The first-order valence-corrected chi connectivity index (χ1v) is 14.4.